The van der Waals surface area contributed by atoms with Crippen molar-refractivity contribution in [1.29, 1.82) is 0 Å². The highest BCUT2D eigenvalue weighted by Crippen LogP contribution is 2.17. The van der Waals surface area contributed by atoms with E-state index < -0.39 is 0 Å². The Morgan fingerprint density at radius 2 is 2.06 bits per heavy atom. The first kappa shape index (κ1) is 13.1. The van der Waals surface area contributed by atoms with Crippen molar-refractivity contribution in [1.82, 2.24) is 20.0 Å². The maximum Gasteiger partial charge on any atom is 0.257 e. The lowest BCUT2D eigenvalue weighted by Crippen LogP contribution is -2.57. The molecule has 1 fully saturated rings. The largest absolute Gasteiger partial charge is 0.331 e. The predicted octanol–water partition coefficient (Wildman–Crippen LogP) is 0.805. The first-order valence-corrected chi connectivity index (χ1v) is 6.60. The molecule has 1 amide bonds. The van der Waals surface area contributed by atoms with Gasteiger partial charge in [0.1, 0.15) is 0 Å². The van der Waals surface area contributed by atoms with Crippen molar-refractivity contribution >= 4 is 5.91 Å². The van der Waals surface area contributed by atoms with Crippen LogP contribution in [0.2, 0.25) is 0 Å². The topological polar surface area (TPSA) is 50.2 Å². The zero-order chi connectivity index (χ0) is 13.3. The van der Waals surface area contributed by atoms with Crippen LogP contribution < -0.4 is 5.32 Å². The van der Waals surface area contributed by atoms with Gasteiger partial charge in [-0.3, -0.25) is 9.48 Å². The van der Waals surface area contributed by atoms with Gasteiger partial charge in [0.2, 0.25) is 0 Å². The van der Waals surface area contributed by atoms with Gasteiger partial charge in [0, 0.05) is 38.4 Å². The van der Waals surface area contributed by atoms with Gasteiger partial charge in [0.05, 0.1) is 11.3 Å². The van der Waals surface area contributed by atoms with Crippen molar-refractivity contribution in [3.8, 4) is 0 Å². The van der Waals surface area contributed by atoms with Gasteiger partial charge in [0.15, 0.2) is 0 Å². The molecular weight excluding hydrogens is 228 g/mol. The lowest BCUT2D eigenvalue weighted by Gasteiger charge is -2.39. The molecule has 0 saturated carbocycles. The van der Waals surface area contributed by atoms with Gasteiger partial charge in [-0.2, -0.15) is 5.10 Å². The standard InChI is InChI=1S/C13H22N4O/c1-5-12-11(8-16(4)15-12)13(18)17-9(2)6-14-7-10(17)3/h8-10,14H,5-7H2,1-4H3. The Bertz CT molecular complexity index is 430. The molecule has 1 saturated heterocycles. The van der Waals surface area contributed by atoms with Gasteiger partial charge < -0.3 is 10.2 Å². The number of aromatic nitrogens is 2. The highest BCUT2D eigenvalue weighted by molar-refractivity contribution is 5.95. The molecule has 5 heteroatoms. The third-order valence-corrected chi connectivity index (χ3v) is 3.53. The molecule has 100 valence electrons. The zero-order valence-electron chi connectivity index (χ0n) is 11.6. The quantitative estimate of drug-likeness (QED) is 0.845. The summed E-state index contributed by atoms with van der Waals surface area (Å²) in [5.74, 6) is 0.112. The highest BCUT2D eigenvalue weighted by Gasteiger charge is 2.31. The van der Waals surface area contributed by atoms with Crippen molar-refractivity contribution < 1.29 is 4.79 Å². The monoisotopic (exact) mass is 250 g/mol. The fraction of sp³-hybridized carbons (Fsp3) is 0.692. The van der Waals surface area contributed by atoms with E-state index >= 15 is 0 Å². The lowest BCUT2D eigenvalue weighted by atomic mass is 10.1. The van der Waals surface area contributed by atoms with E-state index in [0.717, 1.165) is 30.8 Å². The predicted molar refractivity (Wildman–Crippen MR) is 70.5 cm³/mol. The minimum absolute atomic E-state index is 0.112. The Labute approximate surface area is 108 Å². The smallest absolute Gasteiger partial charge is 0.257 e. The van der Waals surface area contributed by atoms with E-state index in [1.54, 1.807) is 4.68 Å². The van der Waals surface area contributed by atoms with Crippen LogP contribution in [0.15, 0.2) is 6.20 Å². The van der Waals surface area contributed by atoms with E-state index in [1.165, 1.54) is 0 Å². The average Bonchev–Trinajstić information content (AvgIpc) is 2.70. The molecule has 1 aromatic heterocycles. The number of nitrogens with one attached hydrogen (secondary N) is 1. The van der Waals surface area contributed by atoms with Crippen LogP contribution in [0.25, 0.3) is 0 Å². The van der Waals surface area contributed by atoms with Crippen LogP contribution in [0.1, 0.15) is 36.8 Å². The third-order valence-electron chi connectivity index (χ3n) is 3.53. The third kappa shape index (κ3) is 2.27. The van der Waals surface area contributed by atoms with Gasteiger partial charge in [-0.05, 0) is 20.3 Å². The second kappa shape index (κ2) is 5.10. The average molecular weight is 250 g/mol. The van der Waals surface area contributed by atoms with E-state index in [-0.39, 0.29) is 18.0 Å². The van der Waals surface area contributed by atoms with Gasteiger partial charge in [-0.25, -0.2) is 0 Å². The molecule has 1 aromatic rings. The molecule has 0 aliphatic carbocycles. The molecule has 0 radical (unpaired) electrons. The molecule has 0 aromatic carbocycles. The van der Waals surface area contributed by atoms with Crippen LogP contribution in [-0.4, -0.2) is 45.8 Å². The molecule has 2 heterocycles. The van der Waals surface area contributed by atoms with Crippen molar-refractivity contribution in [2.75, 3.05) is 13.1 Å². The summed E-state index contributed by atoms with van der Waals surface area (Å²) in [6.45, 7) is 7.92. The van der Waals surface area contributed by atoms with E-state index in [0.29, 0.717) is 0 Å². The molecule has 2 rings (SSSR count). The van der Waals surface area contributed by atoms with Crippen molar-refractivity contribution in [3.63, 3.8) is 0 Å². The lowest BCUT2D eigenvalue weighted by molar-refractivity contribution is 0.0543. The summed E-state index contributed by atoms with van der Waals surface area (Å²) in [6, 6.07) is 0.456. The molecule has 0 spiro atoms. The van der Waals surface area contributed by atoms with Gasteiger partial charge in [-0.15, -0.1) is 0 Å². The highest BCUT2D eigenvalue weighted by atomic mass is 16.2. The number of carbonyl (C=O) groups excluding carboxylic acids is 1. The van der Waals surface area contributed by atoms with Crippen molar-refractivity contribution in [2.45, 2.75) is 39.3 Å². The maximum atomic E-state index is 12.7. The molecule has 2 unspecified atom stereocenters. The van der Waals surface area contributed by atoms with Crippen LogP contribution in [-0.2, 0) is 13.5 Å². The fourth-order valence-corrected chi connectivity index (χ4v) is 2.65. The summed E-state index contributed by atoms with van der Waals surface area (Å²) in [7, 11) is 1.86. The zero-order valence-corrected chi connectivity index (χ0v) is 11.6. The fourth-order valence-electron chi connectivity index (χ4n) is 2.65. The number of carbonyl (C=O) groups is 1. The first-order valence-electron chi connectivity index (χ1n) is 6.60. The SMILES string of the molecule is CCc1nn(C)cc1C(=O)N1C(C)CNCC1C. The summed E-state index contributed by atoms with van der Waals surface area (Å²) in [5, 5.41) is 7.69. The number of hydrogen-bond acceptors (Lipinski definition) is 3. The van der Waals surface area contributed by atoms with Crippen LogP contribution in [0.4, 0.5) is 0 Å². The number of nitrogens with zero attached hydrogens (tertiary/aromatic N) is 3. The Morgan fingerprint density at radius 1 is 1.44 bits per heavy atom. The molecule has 0 bridgehead atoms. The number of aryl methyl sites for hydroxylation is 2. The van der Waals surface area contributed by atoms with Gasteiger partial charge in [-0.1, -0.05) is 6.92 Å². The molecule has 18 heavy (non-hydrogen) atoms. The van der Waals surface area contributed by atoms with Gasteiger partial charge in [0.25, 0.3) is 5.91 Å². The Balaban J connectivity index is 2.29. The van der Waals surface area contributed by atoms with Crippen LogP contribution in [0.5, 0.6) is 0 Å². The van der Waals surface area contributed by atoms with E-state index in [2.05, 4.69) is 24.3 Å². The van der Waals surface area contributed by atoms with Gasteiger partial charge >= 0.3 is 0 Å². The van der Waals surface area contributed by atoms with Crippen LogP contribution in [0.3, 0.4) is 0 Å². The molecule has 1 aliphatic rings. The normalized spacial score (nSPS) is 24.3. The second-order valence-corrected chi connectivity index (χ2v) is 5.09. The second-order valence-electron chi connectivity index (χ2n) is 5.09. The summed E-state index contributed by atoms with van der Waals surface area (Å²) < 4.78 is 1.73. The van der Waals surface area contributed by atoms with Crippen molar-refractivity contribution in [3.05, 3.63) is 17.5 Å². The summed E-state index contributed by atoms with van der Waals surface area (Å²) in [6.07, 6.45) is 2.62. The molecule has 5 nitrogen and oxygen atoms in total. The van der Waals surface area contributed by atoms with Crippen LogP contribution in [0, 0.1) is 0 Å². The minimum atomic E-state index is 0.112. The minimum Gasteiger partial charge on any atom is -0.331 e. The van der Waals surface area contributed by atoms with E-state index in [9.17, 15) is 4.79 Å². The van der Waals surface area contributed by atoms with Crippen molar-refractivity contribution in [2.24, 2.45) is 7.05 Å². The number of amides is 1. The molecule has 2 atom stereocenters. The number of piperazine rings is 1. The maximum absolute atomic E-state index is 12.7. The van der Waals surface area contributed by atoms with Crippen LogP contribution >= 0.6 is 0 Å². The number of rotatable bonds is 2. The summed E-state index contributed by atoms with van der Waals surface area (Å²) in [5.41, 5.74) is 1.64. The van der Waals surface area contributed by atoms with E-state index in [1.807, 2.05) is 25.1 Å². The number of hydrogen-bond donors (Lipinski definition) is 1. The molecule has 1 aliphatic heterocycles. The van der Waals surface area contributed by atoms with E-state index in [4.69, 9.17) is 0 Å². The summed E-state index contributed by atoms with van der Waals surface area (Å²) in [4.78, 5) is 14.6. The Morgan fingerprint density at radius 3 is 2.61 bits per heavy atom. The summed E-state index contributed by atoms with van der Waals surface area (Å²) >= 11 is 0. The Kier molecular flexibility index (Phi) is 3.71. The Hall–Kier alpha value is -1.36. The molecular formula is C13H22N4O. The first-order chi connectivity index (χ1) is 8.54. The molecule has 1 N–H and O–H groups in total.